The Hall–Kier alpha value is -0.270. The third kappa shape index (κ3) is 2.67. The van der Waals surface area contributed by atoms with E-state index in [9.17, 15) is 0 Å². The SMILES string of the molecule is CCn1ncc(Cl)c1C(NN)C1CSCCN1C. The van der Waals surface area contributed by atoms with Gasteiger partial charge in [-0.2, -0.15) is 16.9 Å². The van der Waals surface area contributed by atoms with Gasteiger partial charge in [0, 0.05) is 30.6 Å². The molecule has 1 aromatic heterocycles. The first-order valence-corrected chi connectivity index (χ1v) is 7.67. The molecule has 0 aromatic carbocycles. The van der Waals surface area contributed by atoms with Gasteiger partial charge in [-0.1, -0.05) is 11.6 Å². The maximum Gasteiger partial charge on any atom is 0.0835 e. The summed E-state index contributed by atoms with van der Waals surface area (Å²) in [7, 11) is 2.13. The van der Waals surface area contributed by atoms with E-state index in [4.69, 9.17) is 17.4 Å². The topological polar surface area (TPSA) is 59.1 Å². The molecular weight excluding hydrogens is 270 g/mol. The zero-order valence-corrected chi connectivity index (χ0v) is 12.3. The molecule has 0 bridgehead atoms. The van der Waals surface area contributed by atoms with Crippen molar-refractivity contribution in [2.75, 3.05) is 25.1 Å². The van der Waals surface area contributed by atoms with Crippen LogP contribution in [0.5, 0.6) is 0 Å². The summed E-state index contributed by atoms with van der Waals surface area (Å²) in [6.45, 7) is 3.93. The maximum atomic E-state index is 6.26. The van der Waals surface area contributed by atoms with Crippen LogP contribution in [-0.4, -0.2) is 45.8 Å². The first kappa shape index (κ1) is 14.1. The molecule has 3 N–H and O–H groups in total. The number of aryl methyl sites for hydroxylation is 1. The number of thioether (sulfide) groups is 1. The van der Waals surface area contributed by atoms with Gasteiger partial charge in [0.05, 0.1) is 23.0 Å². The van der Waals surface area contributed by atoms with E-state index in [1.807, 2.05) is 16.4 Å². The molecule has 0 aliphatic carbocycles. The highest BCUT2D eigenvalue weighted by Crippen LogP contribution is 2.30. The lowest BCUT2D eigenvalue weighted by Crippen LogP contribution is -2.50. The summed E-state index contributed by atoms with van der Waals surface area (Å²) in [5.74, 6) is 7.99. The van der Waals surface area contributed by atoms with Gasteiger partial charge >= 0.3 is 0 Å². The van der Waals surface area contributed by atoms with Crippen LogP contribution in [0.4, 0.5) is 0 Å². The Morgan fingerprint density at radius 2 is 2.50 bits per heavy atom. The van der Waals surface area contributed by atoms with Crippen molar-refractivity contribution in [3.63, 3.8) is 0 Å². The summed E-state index contributed by atoms with van der Waals surface area (Å²) in [5.41, 5.74) is 3.91. The van der Waals surface area contributed by atoms with E-state index in [2.05, 4.69) is 29.4 Å². The van der Waals surface area contributed by atoms with Gasteiger partial charge in [-0.25, -0.2) is 5.43 Å². The number of hydrogen-bond donors (Lipinski definition) is 2. The number of hydrazine groups is 1. The van der Waals surface area contributed by atoms with E-state index < -0.39 is 0 Å². The van der Waals surface area contributed by atoms with Crippen LogP contribution in [0.3, 0.4) is 0 Å². The molecule has 0 saturated carbocycles. The summed E-state index contributed by atoms with van der Waals surface area (Å²) >= 11 is 8.22. The Kier molecular flexibility index (Phi) is 4.91. The lowest BCUT2D eigenvalue weighted by atomic mass is 10.1. The zero-order chi connectivity index (χ0) is 13.1. The summed E-state index contributed by atoms with van der Waals surface area (Å²) in [6.07, 6.45) is 1.70. The van der Waals surface area contributed by atoms with Gasteiger partial charge in [0.25, 0.3) is 0 Å². The molecule has 1 aliphatic heterocycles. The molecule has 2 rings (SSSR count). The molecule has 0 spiro atoms. The van der Waals surface area contributed by atoms with Crippen LogP contribution in [0.1, 0.15) is 18.7 Å². The largest absolute Gasteiger partial charge is 0.300 e. The smallest absolute Gasteiger partial charge is 0.0835 e. The molecular formula is C11H20ClN5S. The van der Waals surface area contributed by atoms with E-state index >= 15 is 0 Å². The fourth-order valence-electron chi connectivity index (χ4n) is 2.36. The quantitative estimate of drug-likeness (QED) is 0.642. The number of hydrogen-bond acceptors (Lipinski definition) is 5. The molecule has 102 valence electrons. The van der Waals surface area contributed by atoms with Crippen LogP contribution in [0.2, 0.25) is 5.02 Å². The maximum absolute atomic E-state index is 6.26. The summed E-state index contributed by atoms with van der Waals surface area (Å²) in [6, 6.07) is 0.353. The molecule has 2 heterocycles. The van der Waals surface area contributed by atoms with Crippen LogP contribution >= 0.6 is 23.4 Å². The number of nitrogens with zero attached hydrogens (tertiary/aromatic N) is 3. The molecule has 1 fully saturated rings. The van der Waals surface area contributed by atoms with Crippen molar-refractivity contribution in [1.29, 1.82) is 0 Å². The number of nitrogens with one attached hydrogen (secondary N) is 1. The molecule has 5 nitrogen and oxygen atoms in total. The molecule has 7 heteroatoms. The molecule has 1 aliphatic rings. The average molecular weight is 290 g/mol. The number of likely N-dealkylation sites (N-methyl/N-ethyl adjacent to an activating group) is 1. The van der Waals surface area contributed by atoms with Crippen molar-refractivity contribution < 1.29 is 0 Å². The molecule has 2 unspecified atom stereocenters. The third-order valence-electron chi connectivity index (χ3n) is 3.43. The lowest BCUT2D eigenvalue weighted by molar-refractivity contribution is 0.210. The van der Waals surface area contributed by atoms with Crippen LogP contribution in [0, 0.1) is 0 Å². The van der Waals surface area contributed by atoms with Gasteiger partial charge in [-0.05, 0) is 14.0 Å². The second-order valence-corrected chi connectivity index (χ2v) is 6.02. The highest BCUT2D eigenvalue weighted by Gasteiger charge is 2.32. The second-order valence-electron chi connectivity index (χ2n) is 4.46. The van der Waals surface area contributed by atoms with Gasteiger partial charge < -0.3 is 0 Å². The fraction of sp³-hybridized carbons (Fsp3) is 0.727. The number of aromatic nitrogens is 2. The third-order valence-corrected chi connectivity index (χ3v) is 4.77. The molecule has 2 atom stereocenters. The van der Waals surface area contributed by atoms with Crippen molar-refractivity contribution in [3.8, 4) is 0 Å². The highest BCUT2D eigenvalue weighted by molar-refractivity contribution is 7.99. The van der Waals surface area contributed by atoms with E-state index in [-0.39, 0.29) is 6.04 Å². The van der Waals surface area contributed by atoms with Gasteiger partial charge in [-0.3, -0.25) is 15.4 Å². The van der Waals surface area contributed by atoms with E-state index in [0.717, 1.165) is 24.5 Å². The van der Waals surface area contributed by atoms with Gasteiger partial charge in [0.15, 0.2) is 0 Å². The Balaban J connectivity index is 2.29. The minimum absolute atomic E-state index is 0.0118. The normalized spacial score (nSPS) is 23.2. The molecule has 1 saturated heterocycles. The lowest BCUT2D eigenvalue weighted by Gasteiger charge is -2.37. The zero-order valence-electron chi connectivity index (χ0n) is 10.8. The van der Waals surface area contributed by atoms with Crippen LogP contribution in [0.15, 0.2) is 6.20 Å². The van der Waals surface area contributed by atoms with Crippen molar-refractivity contribution in [2.45, 2.75) is 25.6 Å². The molecule has 18 heavy (non-hydrogen) atoms. The van der Waals surface area contributed by atoms with Crippen LogP contribution < -0.4 is 11.3 Å². The summed E-state index contributed by atoms with van der Waals surface area (Å²) in [5, 5.41) is 4.97. The highest BCUT2D eigenvalue weighted by atomic mass is 35.5. The van der Waals surface area contributed by atoms with E-state index in [0.29, 0.717) is 11.1 Å². The summed E-state index contributed by atoms with van der Waals surface area (Å²) < 4.78 is 1.92. The van der Waals surface area contributed by atoms with E-state index in [1.165, 1.54) is 5.75 Å². The van der Waals surface area contributed by atoms with Crippen molar-refractivity contribution in [3.05, 3.63) is 16.9 Å². The first-order chi connectivity index (χ1) is 8.69. The second kappa shape index (κ2) is 6.25. The van der Waals surface area contributed by atoms with Crippen molar-refractivity contribution >= 4 is 23.4 Å². The van der Waals surface area contributed by atoms with Crippen LogP contribution in [-0.2, 0) is 6.54 Å². The molecule has 0 amide bonds. The first-order valence-electron chi connectivity index (χ1n) is 6.14. The number of halogens is 1. The van der Waals surface area contributed by atoms with Crippen LogP contribution in [0.25, 0.3) is 0 Å². The van der Waals surface area contributed by atoms with Gasteiger partial charge in [0.1, 0.15) is 0 Å². The Morgan fingerprint density at radius 3 is 3.11 bits per heavy atom. The van der Waals surface area contributed by atoms with Crippen molar-refractivity contribution in [1.82, 2.24) is 20.1 Å². The van der Waals surface area contributed by atoms with Gasteiger partial charge in [-0.15, -0.1) is 0 Å². The average Bonchev–Trinajstić information content (AvgIpc) is 2.74. The van der Waals surface area contributed by atoms with E-state index in [1.54, 1.807) is 6.20 Å². The fourth-order valence-corrected chi connectivity index (χ4v) is 3.89. The minimum atomic E-state index is 0.0118. The molecule has 1 aromatic rings. The Labute approximate surface area is 117 Å². The number of rotatable bonds is 4. The Bertz CT molecular complexity index is 397. The minimum Gasteiger partial charge on any atom is -0.300 e. The Morgan fingerprint density at radius 1 is 1.72 bits per heavy atom. The van der Waals surface area contributed by atoms with Gasteiger partial charge in [0.2, 0.25) is 0 Å². The van der Waals surface area contributed by atoms with Crippen molar-refractivity contribution in [2.24, 2.45) is 5.84 Å². The predicted octanol–water partition coefficient (Wildman–Crippen LogP) is 1.11. The molecule has 0 radical (unpaired) electrons. The monoisotopic (exact) mass is 289 g/mol. The number of nitrogens with two attached hydrogens (primary N) is 1. The summed E-state index contributed by atoms with van der Waals surface area (Å²) in [4.78, 5) is 2.34. The predicted molar refractivity (Wildman–Crippen MR) is 76.7 cm³/mol. The standard InChI is InChI=1S/C11H20ClN5S/c1-3-17-11(8(12)6-14-17)10(15-13)9-7-18-5-4-16(9)2/h6,9-10,15H,3-5,7,13H2,1-2H3.